The molecule has 2 aliphatic heterocycles. The average molecular weight is 604 g/mol. The normalized spacial score (nSPS) is 25.7. The van der Waals surface area contributed by atoms with Gasteiger partial charge in [0.05, 0.1) is 11.3 Å². The van der Waals surface area contributed by atoms with Crippen LogP contribution in [0.25, 0.3) is 0 Å². The van der Waals surface area contributed by atoms with Gasteiger partial charge >= 0.3 is 0 Å². The summed E-state index contributed by atoms with van der Waals surface area (Å²) in [5.41, 5.74) is -1.57. The van der Waals surface area contributed by atoms with Gasteiger partial charge in [-0.2, -0.15) is 22.4 Å². The lowest BCUT2D eigenvalue weighted by Crippen LogP contribution is -2.41. The lowest BCUT2D eigenvalue weighted by molar-refractivity contribution is -0.139. The third-order valence-corrected chi connectivity index (χ3v) is 9.12. The molecule has 3 radical (unpaired) electrons. The maximum atomic E-state index is 12.1. The first kappa shape index (κ1) is 22.0. The quantitative estimate of drug-likeness (QED) is 0.136. The van der Waals surface area contributed by atoms with E-state index in [-0.39, 0.29) is 54.3 Å². The number of carbonyl (C=O) groups is 4. The second-order valence-corrected chi connectivity index (χ2v) is 13.4. The Morgan fingerprint density at radius 1 is 1.12 bits per heavy atom. The minimum absolute atomic E-state index is 0.107. The highest BCUT2D eigenvalue weighted by Crippen LogP contribution is 2.49. The molecular weight excluding hydrogens is 588 g/mol. The molecule has 4 atom stereocenters. The Kier molecular flexibility index (Phi) is 9.05. The lowest BCUT2D eigenvalue weighted by Gasteiger charge is -2.18. The summed E-state index contributed by atoms with van der Waals surface area (Å²) in [5.74, 6) is -0.619. The van der Waals surface area contributed by atoms with Crippen molar-refractivity contribution in [2.75, 3.05) is 26.2 Å². The van der Waals surface area contributed by atoms with E-state index in [2.05, 4.69) is 27.7 Å². The molecule has 7 nitrogen and oxygen atoms in total. The first-order valence-electron chi connectivity index (χ1n) is 7.63. The number of halogens is 2. The van der Waals surface area contributed by atoms with Crippen LogP contribution in [0.15, 0.2) is 0 Å². The van der Waals surface area contributed by atoms with Crippen LogP contribution < -0.4 is 5.32 Å². The molecule has 0 saturated carbocycles. The van der Waals surface area contributed by atoms with Crippen molar-refractivity contribution >= 4 is 94.4 Å². The van der Waals surface area contributed by atoms with Crippen LogP contribution in [0.2, 0.25) is 0 Å². The van der Waals surface area contributed by atoms with Crippen LogP contribution in [-0.2, 0) is 19.2 Å². The van der Waals surface area contributed by atoms with Crippen LogP contribution in [0, 0.1) is 0 Å². The lowest BCUT2D eigenvalue weighted by atomic mass is 10.3. The van der Waals surface area contributed by atoms with Crippen molar-refractivity contribution in [1.82, 2.24) is 15.1 Å². The van der Waals surface area contributed by atoms with Gasteiger partial charge in [-0.1, -0.05) is 27.5 Å². The van der Waals surface area contributed by atoms with Crippen LogP contribution in [0.3, 0.4) is 0 Å². The molecule has 2 heterocycles. The summed E-state index contributed by atoms with van der Waals surface area (Å²) < 4.78 is 0. The molecule has 0 aromatic rings. The zero-order chi connectivity index (χ0) is 18.6. The zero-order valence-corrected chi connectivity index (χ0v) is 19.5. The van der Waals surface area contributed by atoms with Crippen LogP contribution in [-0.4, -0.2) is 83.3 Å². The molecule has 0 aromatic carbocycles. The summed E-state index contributed by atoms with van der Waals surface area (Å²) in [5, 5.41) is 3.09. The third-order valence-electron chi connectivity index (χ3n) is 4.05. The number of hydrogen-bond donors (Lipinski definition) is 1. The number of carbonyl (C=O) groups excluding carboxylic acids is 4. The molecule has 2 saturated heterocycles. The fourth-order valence-corrected chi connectivity index (χ4v) is 6.76. The Labute approximate surface area is 178 Å². The summed E-state index contributed by atoms with van der Waals surface area (Å²) in [6.45, 7) is 1.46. The van der Waals surface area contributed by atoms with Crippen molar-refractivity contribution in [3.05, 3.63) is 0 Å². The molecule has 25 heavy (non-hydrogen) atoms. The van der Waals surface area contributed by atoms with E-state index in [1.807, 2.05) is 26.9 Å². The van der Waals surface area contributed by atoms with E-state index < -0.39 is 5.44 Å². The Morgan fingerprint density at radius 2 is 1.68 bits per heavy atom. The Balaban J connectivity index is 1.70. The van der Waals surface area contributed by atoms with Gasteiger partial charge in [-0.3, -0.25) is 29.0 Å². The standard InChI is InChI=1S/C12H16B2I2N3O4P2/c13-25(16)8-6-10(21)19(12(8)23)4-2-17-1-3-18-9(20)5-7(11(18)22)24-14-15/h7-8,17,24H,1-6H2. The number of hydrogen-bond acceptors (Lipinski definition) is 5. The Morgan fingerprint density at radius 3 is 2.20 bits per heavy atom. The van der Waals surface area contributed by atoms with Gasteiger partial charge in [-0.15, -0.1) is 8.46 Å². The second-order valence-electron chi connectivity index (χ2n) is 5.61. The van der Waals surface area contributed by atoms with E-state index in [9.17, 15) is 19.2 Å². The van der Waals surface area contributed by atoms with Gasteiger partial charge in [0.1, 0.15) is 7.57 Å². The Hall–Kier alpha value is 0.690. The fourth-order valence-electron chi connectivity index (χ4n) is 2.72. The van der Waals surface area contributed by atoms with Gasteiger partial charge in [0.2, 0.25) is 28.5 Å². The monoisotopic (exact) mass is 604 g/mol. The molecule has 0 bridgehead atoms. The van der Waals surface area contributed by atoms with Crippen molar-refractivity contribution in [2.24, 2.45) is 0 Å². The highest BCUT2D eigenvalue weighted by Gasteiger charge is 2.40. The minimum atomic E-state index is -0.986. The largest absolute Gasteiger partial charge is 0.313 e. The van der Waals surface area contributed by atoms with E-state index >= 15 is 0 Å². The highest BCUT2D eigenvalue weighted by atomic mass is 127. The van der Waals surface area contributed by atoms with Crippen LogP contribution in [0.5, 0.6) is 0 Å². The average Bonchev–Trinajstić information content (AvgIpc) is 2.98. The molecular formula is C12H16B2I2N3O4P2. The molecule has 2 aliphatic rings. The minimum Gasteiger partial charge on any atom is -0.313 e. The molecule has 0 aliphatic carbocycles. The predicted molar refractivity (Wildman–Crippen MR) is 118 cm³/mol. The summed E-state index contributed by atoms with van der Waals surface area (Å²) in [6, 6.07) is 0. The van der Waals surface area contributed by atoms with Crippen molar-refractivity contribution < 1.29 is 19.2 Å². The summed E-state index contributed by atoms with van der Waals surface area (Å²) >= 11 is 4.11. The molecule has 1 N–H and O–H groups in total. The van der Waals surface area contributed by atoms with Crippen molar-refractivity contribution in [3.63, 3.8) is 0 Å². The van der Waals surface area contributed by atoms with Gasteiger partial charge in [-0.25, -0.2) is 0 Å². The maximum absolute atomic E-state index is 12.1. The molecule has 0 aromatic heterocycles. The number of likely N-dealkylation sites (tertiary alicyclic amines) is 2. The van der Waals surface area contributed by atoms with Crippen LogP contribution in [0.1, 0.15) is 12.8 Å². The summed E-state index contributed by atoms with van der Waals surface area (Å²) in [4.78, 5) is 52.5. The van der Waals surface area contributed by atoms with Gasteiger partial charge in [0, 0.05) is 39.0 Å². The van der Waals surface area contributed by atoms with Crippen molar-refractivity contribution in [2.45, 2.75) is 24.2 Å². The smallest absolute Gasteiger partial charge is 0.237 e. The van der Waals surface area contributed by atoms with Crippen molar-refractivity contribution in [3.8, 4) is 0 Å². The molecule has 2 rings (SSSR count). The molecule has 13 heteroatoms. The first-order chi connectivity index (χ1) is 11.9. The fraction of sp³-hybridized carbons (Fsp3) is 0.667. The molecule has 0 spiro atoms. The number of amides is 4. The van der Waals surface area contributed by atoms with Crippen molar-refractivity contribution in [1.29, 1.82) is 0 Å². The van der Waals surface area contributed by atoms with Gasteiger partial charge in [0.15, 0.2) is 0 Å². The zero-order valence-electron chi connectivity index (χ0n) is 13.3. The maximum Gasteiger partial charge on any atom is 0.237 e. The second kappa shape index (κ2) is 10.3. The SMILES string of the molecule is [B]P(I)C1CC(=O)N(CCNCCN2C(=O)CC(P[B]I)C2=O)C1=O. The topological polar surface area (TPSA) is 86.8 Å². The highest BCUT2D eigenvalue weighted by molar-refractivity contribution is 14.2. The summed E-state index contributed by atoms with van der Waals surface area (Å²) in [6.07, 6.45) is 0.476. The Bertz CT molecular complexity index is 572. The van der Waals surface area contributed by atoms with E-state index in [0.29, 0.717) is 28.1 Å². The number of rotatable bonds is 9. The van der Waals surface area contributed by atoms with Crippen LogP contribution >= 0.6 is 58.3 Å². The molecule has 4 unspecified atom stereocenters. The first-order valence-corrected chi connectivity index (χ1v) is 14.3. The number of imide groups is 2. The molecule has 2 fully saturated rings. The summed E-state index contributed by atoms with van der Waals surface area (Å²) in [7, 11) is 6.14. The molecule has 4 amide bonds. The van der Waals surface area contributed by atoms with E-state index in [1.54, 1.807) is 0 Å². The number of nitrogens with zero attached hydrogens (tertiary/aromatic N) is 2. The van der Waals surface area contributed by atoms with E-state index in [0.717, 1.165) is 0 Å². The van der Waals surface area contributed by atoms with Gasteiger partial charge in [-0.05, 0) is 0 Å². The molecule has 133 valence electrons. The number of nitrogens with one attached hydrogen (secondary N) is 1. The van der Waals surface area contributed by atoms with Crippen LogP contribution in [0.4, 0.5) is 0 Å². The van der Waals surface area contributed by atoms with Gasteiger partial charge < -0.3 is 5.32 Å². The van der Waals surface area contributed by atoms with E-state index in [4.69, 9.17) is 7.57 Å². The van der Waals surface area contributed by atoms with Gasteiger partial charge in [0.25, 0.3) is 0 Å². The third kappa shape index (κ3) is 5.59. The van der Waals surface area contributed by atoms with E-state index in [1.165, 1.54) is 9.80 Å². The predicted octanol–water partition coefficient (Wildman–Crippen LogP) is 0.394.